The van der Waals surface area contributed by atoms with Gasteiger partial charge in [0.05, 0.1) is 5.69 Å². The Labute approximate surface area is 129 Å². The van der Waals surface area contributed by atoms with Crippen molar-refractivity contribution in [1.82, 2.24) is 0 Å². The lowest BCUT2D eigenvalue weighted by molar-refractivity contribution is -0.116. The molecule has 0 bridgehead atoms. The molecule has 0 aromatic heterocycles. The Kier molecular flexibility index (Phi) is 4.15. The maximum atomic E-state index is 12.8. The van der Waals surface area contributed by atoms with Crippen molar-refractivity contribution in [2.24, 2.45) is 0 Å². The van der Waals surface area contributed by atoms with Gasteiger partial charge in [0.2, 0.25) is 5.91 Å². The van der Waals surface area contributed by atoms with Gasteiger partial charge in [-0.25, -0.2) is 0 Å². The maximum absolute atomic E-state index is 12.8. The summed E-state index contributed by atoms with van der Waals surface area (Å²) < 4.78 is 0. The van der Waals surface area contributed by atoms with Crippen molar-refractivity contribution in [3.63, 3.8) is 0 Å². The summed E-state index contributed by atoms with van der Waals surface area (Å²) in [6.45, 7) is 0. The first-order valence-corrected chi connectivity index (χ1v) is 7.43. The van der Waals surface area contributed by atoms with Crippen molar-refractivity contribution in [2.75, 3.05) is 5.32 Å². The number of Topliss-reactive ketones (excluding diaryl/α,β-unsaturated/α-hetero) is 1. The molecule has 0 radical (unpaired) electrons. The first-order valence-electron chi connectivity index (χ1n) is 7.43. The third kappa shape index (κ3) is 3.14. The molecule has 0 spiro atoms. The van der Waals surface area contributed by atoms with E-state index in [9.17, 15) is 9.59 Å². The van der Waals surface area contributed by atoms with Crippen LogP contribution in [0.4, 0.5) is 5.69 Å². The molecule has 1 amide bonds. The van der Waals surface area contributed by atoms with Crippen molar-refractivity contribution in [2.45, 2.75) is 19.3 Å². The molecule has 1 heterocycles. The van der Waals surface area contributed by atoms with Crippen molar-refractivity contribution in [3.05, 3.63) is 71.3 Å². The second-order valence-corrected chi connectivity index (χ2v) is 5.36. The summed E-state index contributed by atoms with van der Waals surface area (Å²) in [4.78, 5) is 24.7. The Morgan fingerprint density at radius 2 is 1.59 bits per heavy atom. The fraction of sp³-hybridized carbons (Fsp3) is 0.158. The number of hydrogen-bond acceptors (Lipinski definition) is 2. The lowest BCUT2D eigenvalue weighted by Gasteiger charge is -2.09. The van der Waals surface area contributed by atoms with Crippen LogP contribution in [0, 0.1) is 0 Å². The van der Waals surface area contributed by atoms with E-state index in [2.05, 4.69) is 5.32 Å². The second kappa shape index (κ2) is 6.39. The van der Waals surface area contributed by atoms with Crippen LogP contribution in [0.15, 0.2) is 60.2 Å². The van der Waals surface area contributed by atoms with Crippen molar-refractivity contribution >= 4 is 23.5 Å². The van der Waals surface area contributed by atoms with Crippen LogP contribution in [0.25, 0.3) is 6.08 Å². The predicted octanol–water partition coefficient (Wildman–Crippen LogP) is 4.08. The molecule has 110 valence electrons. The van der Waals surface area contributed by atoms with E-state index in [4.69, 9.17) is 0 Å². The van der Waals surface area contributed by atoms with Crippen molar-refractivity contribution in [3.8, 4) is 0 Å². The number of rotatable bonds is 1. The Hall–Kier alpha value is -2.68. The van der Waals surface area contributed by atoms with Gasteiger partial charge in [-0.05, 0) is 36.6 Å². The Morgan fingerprint density at radius 1 is 0.864 bits per heavy atom. The number of fused-ring (bicyclic) bond motifs is 1. The highest BCUT2D eigenvalue weighted by molar-refractivity contribution is 6.15. The van der Waals surface area contributed by atoms with E-state index in [1.54, 1.807) is 12.1 Å². The molecule has 1 N–H and O–H groups in total. The second-order valence-electron chi connectivity index (χ2n) is 5.36. The van der Waals surface area contributed by atoms with Crippen LogP contribution in [0.3, 0.4) is 0 Å². The number of nitrogens with one attached hydrogen (secondary N) is 1. The lowest BCUT2D eigenvalue weighted by atomic mass is 9.96. The SMILES string of the molecule is O=C1CCC/C(=C/c2ccccc2)C(=O)c2ccccc2N1. The molecule has 22 heavy (non-hydrogen) atoms. The fourth-order valence-electron chi connectivity index (χ4n) is 2.62. The molecule has 0 fully saturated rings. The molecule has 2 aromatic rings. The van der Waals surface area contributed by atoms with Gasteiger partial charge in [-0.2, -0.15) is 0 Å². The van der Waals surface area contributed by atoms with E-state index in [1.165, 1.54) is 0 Å². The third-order valence-electron chi connectivity index (χ3n) is 3.73. The summed E-state index contributed by atoms with van der Waals surface area (Å²) in [7, 11) is 0. The van der Waals surface area contributed by atoms with Gasteiger partial charge >= 0.3 is 0 Å². The summed E-state index contributed by atoms with van der Waals surface area (Å²) in [5.41, 5.74) is 2.90. The molecule has 2 aromatic carbocycles. The zero-order chi connectivity index (χ0) is 15.4. The minimum Gasteiger partial charge on any atom is -0.325 e. The van der Waals surface area contributed by atoms with E-state index < -0.39 is 0 Å². The summed E-state index contributed by atoms with van der Waals surface area (Å²) in [6, 6.07) is 17.0. The standard InChI is InChI=1S/C19H17NO2/c21-18-12-6-9-15(13-14-7-2-1-3-8-14)19(22)16-10-4-5-11-17(16)20-18/h1-5,7-8,10-11,13H,6,9,12H2,(H,20,21)/b15-13-. The number of hydrogen-bond donors (Lipinski definition) is 1. The molecular formula is C19H17NO2. The van der Waals surface area contributed by atoms with Crippen LogP contribution in [0.2, 0.25) is 0 Å². The van der Waals surface area contributed by atoms with E-state index in [0.29, 0.717) is 30.5 Å². The van der Waals surface area contributed by atoms with Crippen LogP contribution >= 0.6 is 0 Å². The monoisotopic (exact) mass is 291 g/mol. The van der Waals surface area contributed by atoms with Gasteiger partial charge in [0, 0.05) is 17.6 Å². The lowest BCUT2D eigenvalue weighted by Crippen LogP contribution is -2.12. The van der Waals surface area contributed by atoms with Crippen LogP contribution < -0.4 is 5.32 Å². The number of allylic oxidation sites excluding steroid dienone is 1. The molecule has 0 unspecified atom stereocenters. The normalized spacial score (nSPS) is 17.2. The number of carbonyl (C=O) groups is 2. The summed E-state index contributed by atoms with van der Waals surface area (Å²) in [5.74, 6) is -0.0529. The molecule has 1 aliphatic heterocycles. The van der Waals surface area contributed by atoms with Gasteiger partial charge in [0.15, 0.2) is 5.78 Å². The summed E-state index contributed by atoms with van der Waals surface area (Å²) in [5, 5.41) is 2.83. The smallest absolute Gasteiger partial charge is 0.224 e. The third-order valence-corrected chi connectivity index (χ3v) is 3.73. The number of benzene rings is 2. The van der Waals surface area contributed by atoms with Crippen LogP contribution in [0.5, 0.6) is 0 Å². The highest BCUT2D eigenvalue weighted by Gasteiger charge is 2.19. The molecule has 1 aliphatic rings. The largest absolute Gasteiger partial charge is 0.325 e. The first-order chi connectivity index (χ1) is 10.7. The van der Waals surface area contributed by atoms with Crippen LogP contribution in [0.1, 0.15) is 35.2 Å². The van der Waals surface area contributed by atoms with E-state index in [0.717, 1.165) is 11.1 Å². The summed E-state index contributed by atoms with van der Waals surface area (Å²) in [6.07, 6.45) is 3.63. The molecule has 0 saturated carbocycles. The number of amides is 1. The van der Waals surface area contributed by atoms with Gasteiger partial charge in [-0.1, -0.05) is 42.5 Å². The van der Waals surface area contributed by atoms with Crippen LogP contribution in [-0.4, -0.2) is 11.7 Å². The van der Waals surface area contributed by atoms with Crippen molar-refractivity contribution in [1.29, 1.82) is 0 Å². The van der Waals surface area contributed by atoms with Crippen molar-refractivity contribution < 1.29 is 9.59 Å². The molecule has 0 aliphatic carbocycles. The molecule has 0 saturated heterocycles. The quantitative estimate of drug-likeness (QED) is 0.805. The van der Waals surface area contributed by atoms with Crippen LogP contribution in [-0.2, 0) is 4.79 Å². The topological polar surface area (TPSA) is 46.2 Å². The van der Waals surface area contributed by atoms with E-state index in [1.807, 2.05) is 48.5 Å². The van der Waals surface area contributed by atoms with Gasteiger partial charge in [0.1, 0.15) is 0 Å². The minimum atomic E-state index is -0.0405. The van der Waals surface area contributed by atoms with Gasteiger partial charge < -0.3 is 5.32 Å². The zero-order valence-electron chi connectivity index (χ0n) is 12.2. The Morgan fingerprint density at radius 3 is 2.41 bits per heavy atom. The molecule has 0 atom stereocenters. The molecule has 3 rings (SSSR count). The highest BCUT2D eigenvalue weighted by Crippen LogP contribution is 2.25. The predicted molar refractivity (Wildman–Crippen MR) is 87.7 cm³/mol. The average Bonchev–Trinajstić information content (AvgIpc) is 2.59. The van der Waals surface area contributed by atoms with E-state index >= 15 is 0 Å². The number of ketones is 1. The highest BCUT2D eigenvalue weighted by atomic mass is 16.1. The fourth-order valence-corrected chi connectivity index (χ4v) is 2.62. The molecule has 3 heteroatoms. The average molecular weight is 291 g/mol. The first kappa shape index (κ1) is 14.3. The number of anilines is 1. The van der Waals surface area contributed by atoms with Gasteiger partial charge in [0.25, 0.3) is 0 Å². The maximum Gasteiger partial charge on any atom is 0.224 e. The Bertz CT molecular complexity index is 732. The molecule has 3 nitrogen and oxygen atoms in total. The zero-order valence-corrected chi connectivity index (χ0v) is 12.2. The van der Waals surface area contributed by atoms with Gasteiger partial charge in [-0.15, -0.1) is 0 Å². The Balaban J connectivity index is 2.04. The summed E-state index contributed by atoms with van der Waals surface area (Å²) >= 11 is 0. The number of para-hydroxylation sites is 1. The van der Waals surface area contributed by atoms with Gasteiger partial charge in [-0.3, -0.25) is 9.59 Å². The minimum absolute atomic E-state index is 0.0124. The molecular weight excluding hydrogens is 274 g/mol. The van der Waals surface area contributed by atoms with E-state index in [-0.39, 0.29) is 11.7 Å². The number of carbonyl (C=O) groups excluding carboxylic acids is 2.